The summed E-state index contributed by atoms with van der Waals surface area (Å²) in [6.07, 6.45) is 2.38. The Kier molecular flexibility index (Phi) is 7.28. The fourth-order valence-electron chi connectivity index (χ4n) is 5.04. The molecule has 1 amide bonds. The average molecular weight is 502 g/mol. The zero-order chi connectivity index (χ0) is 25.1. The predicted octanol–water partition coefficient (Wildman–Crippen LogP) is 7.19. The van der Waals surface area contributed by atoms with Crippen LogP contribution < -0.4 is 9.64 Å². The minimum Gasteiger partial charge on any atom is -0.493 e. The summed E-state index contributed by atoms with van der Waals surface area (Å²) in [5.74, 6) is 2.57. The molecule has 2 unspecified atom stereocenters. The zero-order valence-electron chi connectivity index (χ0n) is 20.9. The van der Waals surface area contributed by atoms with Gasteiger partial charge in [-0.25, -0.2) is 4.98 Å². The lowest BCUT2D eigenvalue weighted by atomic mass is 9.98. The van der Waals surface area contributed by atoms with Gasteiger partial charge in [-0.2, -0.15) is 0 Å². The van der Waals surface area contributed by atoms with E-state index in [0.717, 1.165) is 47.7 Å². The number of carbonyl (C=O) groups is 1. The number of hydrogen-bond donors (Lipinski definition) is 0. The monoisotopic (exact) mass is 501 g/mol. The van der Waals surface area contributed by atoms with Crippen molar-refractivity contribution in [2.75, 3.05) is 18.1 Å². The highest BCUT2D eigenvalue weighted by Crippen LogP contribution is 2.34. The molecule has 3 aromatic carbocycles. The molecule has 186 valence electrons. The van der Waals surface area contributed by atoms with Crippen LogP contribution in [0, 0.1) is 0 Å². The number of carbonyl (C=O) groups excluding carboxylic acids is 1. The number of ether oxygens (including phenoxy) is 1. The van der Waals surface area contributed by atoms with Gasteiger partial charge in [0.25, 0.3) is 0 Å². The number of fused-ring (bicyclic) bond motifs is 1. The Hall–Kier alpha value is -3.31. The molecule has 1 saturated heterocycles. The minimum atomic E-state index is 0.0348. The second-order valence-electron chi connectivity index (χ2n) is 9.54. The van der Waals surface area contributed by atoms with Crippen molar-refractivity contribution >= 4 is 34.2 Å². The fraction of sp³-hybridized carbons (Fsp3) is 0.333. The summed E-state index contributed by atoms with van der Waals surface area (Å²) in [5.41, 5.74) is 4.21. The van der Waals surface area contributed by atoms with E-state index in [1.165, 1.54) is 5.56 Å². The van der Waals surface area contributed by atoms with E-state index in [9.17, 15) is 4.79 Å². The Balaban J connectivity index is 1.33. The third-order valence-electron chi connectivity index (χ3n) is 7.16. The minimum absolute atomic E-state index is 0.0348. The smallest absolute Gasteiger partial charge is 0.227 e. The zero-order valence-corrected chi connectivity index (χ0v) is 21.6. The Morgan fingerprint density at radius 2 is 1.81 bits per heavy atom. The van der Waals surface area contributed by atoms with Gasteiger partial charge in [0.05, 0.1) is 17.6 Å². The summed E-state index contributed by atoms with van der Waals surface area (Å²) in [7, 11) is 0. The van der Waals surface area contributed by atoms with Gasteiger partial charge < -0.3 is 14.2 Å². The van der Waals surface area contributed by atoms with Gasteiger partial charge in [-0.3, -0.25) is 4.79 Å². The molecule has 1 aliphatic heterocycles. The topological polar surface area (TPSA) is 47.4 Å². The number of para-hydroxylation sites is 3. The summed E-state index contributed by atoms with van der Waals surface area (Å²) < 4.78 is 8.51. The van der Waals surface area contributed by atoms with Crippen molar-refractivity contribution in [1.29, 1.82) is 0 Å². The lowest BCUT2D eigenvalue weighted by molar-refractivity contribution is -0.117. The average Bonchev–Trinajstić information content (AvgIpc) is 3.47. The van der Waals surface area contributed by atoms with Crippen LogP contribution >= 0.6 is 11.6 Å². The Morgan fingerprint density at radius 1 is 1.06 bits per heavy atom. The summed E-state index contributed by atoms with van der Waals surface area (Å²) >= 11 is 6.05. The van der Waals surface area contributed by atoms with Crippen molar-refractivity contribution < 1.29 is 9.53 Å². The summed E-state index contributed by atoms with van der Waals surface area (Å²) in [5, 5.41) is 0.665. The summed E-state index contributed by atoms with van der Waals surface area (Å²) in [6, 6.07) is 24.0. The molecule has 2 heterocycles. The molecule has 1 aromatic heterocycles. The molecular weight excluding hydrogens is 470 g/mol. The molecule has 0 bridgehead atoms. The molecule has 0 spiro atoms. The highest BCUT2D eigenvalue weighted by Gasteiger charge is 2.34. The molecule has 0 N–H and O–H groups in total. The molecule has 2 atom stereocenters. The maximum Gasteiger partial charge on any atom is 0.227 e. The van der Waals surface area contributed by atoms with Crippen LogP contribution in [0.15, 0.2) is 72.8 Å². The number of imidazole rings is 1. The third-order valence-corrected chi connectivity index (χ3v) is 7.41. The summed E-state index contributed by atoms with van der Waals surface area (Å²) in [4.78, 5) is 19.8. The Morgan fingerprint density at radius 3 is 2.61 bits per heavy atom. The van der Waals surface area contributed by atoms with Crippen molar-refractivity contribution in [3.05, 3.63) is 89.2 Å². The molecule has 0 saturated carbocycles. The second kappa shape index (κ2) is 10.8. The SMILES string of the molecule is CCC(C)c1ccccc1OCCCn1c(C2CC(=O)N(c3ccc(Cl)cc3)C2)nc2ccccc21. The van der Waals surface area contributed by atoms with Gasteiger partial charge in [0, 0.05) is 36.1 Å². The fourth-order valence-corrected chi connectivity index (χ4v) is 5.16. The predicted molar refractivity (Wildman–Crippen MR) is 146 cm³/mol. The van der Waals surface area contributed by atoms with Crippen molar-refractivity contribution in [2.24, 2.45) is 0 Å². The molecule has 4 aromatic rings. The van der Waals surface area contributed by atoms with Gasteiger partial charge in [-0.15, -0.1) is 0 Å². The standard InChI is InChI=1S/C30H32ClN3O2/c1-3-21(2)25-9-4-7-12-28(25)36-18-8-17-33-27-11-6-5-10-26(27)32-30(33)22-19-29(35)34(20-22)24-15-13-23(31)14-16-24/h4-7,9-16,21-22H,3,8,17-20H2,1-2H3. The van der Waals surface area contributed by atoms with Crippen LogP contribution in [0.2, 0.25) is 5.02 Å². The number of anilines is 1. The number of amides is 1. The second-order valence-corrected chi connectivity index (χ2v) is 9.98. The number of nitrogens with zero attached hydrogens (tertiary/aromatic N) is 3. The van der Waals surface area contributed by atoms with Gasteiger partial charge in [-0.05, 0) is 66.8 Å². The molecule has 0 radical (unpaired) electrons. The lowest BCUT2D eigenvalue weighted by Gasteiger charge is -2.18. The van der Waals surface area contributed by atoms with E-state index in [1.54, 1.807) is 0 Å². The lowest BCUT2D eigenvalue weighted by Crippen LogP contribution is -2.24. The van der Waals surface area contributed by atoms with E-state index in [2.05, 4.69) is 42.7 Å². The van der Waals surface area contributed by atoms with Crippen LogP contribution in [0.1, 0.15) is 56.3 Å². The number of halogens is 1. The van der Waals surface area contributed by atoms with E-state index >= 15 is 0 Å². The first kappa shape index (κ1) is 24.4. The van der Waals surface area contributed by atoms with E-state index in [-0.39, 0.29) is 11.8 Å². The molecule has 5 rings (SSSR count). The number of aromatic nitrogens is 2. The number of rotatable bonds is 9. The van der Waals surface area contributed by atoms with E-state index in [4.69, 9.17) is 21.3 Å². The van der Waals surface area contributed by atoms with Gasteiger partial charge in [0.1, 0.15) is 11.6 Å². The first-order chi connectivity index (χ1) is 17.5. The molecule has 36 heavy (non-hydrogen) atoms. The highest BCUT2D eigenvalue weighted by atomic mass is 35.5. The quantitative estimate of drug-likeness (QED) is 0.228. The van der Waals surface area contributed by atoms with Crippen LogP contribution in [0.3, 0.4) is 0 Å². The van der Waals surface area contributed by atoms with Crippen molar-refractivity contribution in [2.45, 2.75) is 51.5 Å². The van der Waals surface area contributed by atoms with Gasteiger partial charge in [-0.1, -0.05) is 55.8 Å². The van der Waals surface area contributed by atoms with Gasteiger partial charge >= 0.3 is 0 Å². The molecule has 1 aliphatic rings. The molecule has 6 heteroatoms. The van der Waals surface area contributed by atoms with E-state index in [0.29, 0.717) is 30.5 Å². The largest absolute Gasteiger partial charge is 0.493 e. The Bertz CT molecular complexity index is 1350. The molecular formula is C30H32ClN3O2. The third kappa shape index (κ3) is 4.98. The van der Waals surface area contributed by atoms with Crippen molar-refractivity contribution in [3.8, 4) is 5.75 Å². The normalized spacial score (nSPS) is 16.6. The van der Waals surface area contributed by atoms with Crippen LogP contribution in [-0.2, 0) is 11.3 Å². The van der Waals surface area contributed by atoms with E-state index in [1.807, 2.05) is 53.4 Å². The number of aryl methyl sites for hydroxylation is 1. The van der Waals surface area contributed by atoms with Crippen LogP contribution in [0.4, 0.5) is 5.69 Å². The van der Waals surface area contributed by atoms with Crippen LogP contribution in [0.5, 0.6) is 5.75 Å². The number of benzene rings is 3. The first-order valence-electron chi connectivity index (χ1n) is 12.8. The van der Waals surface area contributed by atoms with Crippen LogP contribution in [-0.4, -0.2) is 28.6 Å². The van der Waals surface area contributed by atoms with E-state index < -0.39 is 0 Å². The van der Waals surface area contributed by atoms with Gasteiger partial charge in [0.15, 0.2) is 0 Å². The van der Waals surface area contributed by atoms with Crippen molar-refractivity contribution in [1.82, 2.24) is 9.55 Å². The van der Waals surface area contributed by atoms with Crippen LogP contribution in [0.25, 0.3) is 11.0 Å². The molecule has 5 nitrogen and oxygen atoms in total. The maximum absolute atomic E-state index is 12.9. The first-order valence-corrected chi connectivity index (χ1v) is 13.2. The number of hydrogen-bond acceptors (Lipinski definition) is 3. The van der Waals surface area contributed by atoms with Gasteiger partial charge in [0.2, 0.25) is 5.91 Å². The maximum atomic E-state index is 12.9. The molecule has 0 aliphatic carbocycles. The highest BCUT2D eigenvalue weighted by molar-refractivity contribution is 6.30. The van der Waals surface area contributed by atoms with Crippen molar-refractivity contribution in [3.63, 3.8) is 0 Å². The molecule has 1 fully saturated rings. The Labute approximate surface area is 217 Å². The summed E-state index contributed by atoms with van der Waals surface area (Å²) in [6.45, 7) is 6.46.